The Morgan fingerprint density at radius 2 is 1.75 bits per heavy atom. The van der Waals surface area contributed by atoms with Crippen molar-refractivity contribution in [1.82, 2.24) is 19.9 Å². The number of carbonyl (C=O) groups is 1. The predicted molar refractivity (Wildman–Crippen MR) is 122 cm³/mol. The van der Waals surface area contributed by atoms with Crippen molar-refractivity contribution < 1.29 is 9.18 Å². The largest absolute Gasteiger partial charge is 0.369 e. The maximum absolute atomic E-state index is 15.3. The molecule has 162 valence electrons. The molecule has 4 heterocycles. The third-order valence-electron chi connectivity index (χ3n) is 5.97. The number of benzene rings is 1. The van der Waals surface area contributed by atoms with Gasteiger partial charge in [0, 0.05) is 65.9 Å². The summed E-state index contributed by atoms with van der Waals surface area (Å²) in [7, 11) is 0. The first kappa shape index (κ1) is 20.3. The van der Waals surface area contributed by atoms with Crippen LogP contribution in [0.15, 0.2) is 49.1 Å². The van der Waals surface area contributed by atoms with Crippen molar-refractivity contribution in [3.05, 3.63) is 71.8 Å². The number of halogens is 1. The zero-order valence-corrected chi connectivity index (χ0v) is 18.1. The van der Waals surface area contributed by atoms with Gasteiger partial charge in [0.2, 0.25) is 0 Å². The lowest BCUT2D eigenvalue weighted by Gasteiger charge is -2.19. The molecule has 1 aliphatic rings. The number of rotatable bonds is 5. The van der Waals surface area contributed by atoms with Crippen molar-refractivity contribution >= 4 is 22.5 Å². The van der Waals surface area contributed by atoms with E-state index in [2.05, 4.69) is 19.9 Å². The highest BCUT2D eigenvalue weighted by atomic mass is 19.1. The summed E-state index contributed by atoms with van der Waals surface area (Å²) in [5.41, 5.74) is 3.15. The molecule has 0 unspecified atom stereocenters. The minimum absolute atomic E-state index is 0.0744. The Morgan fingerprint density at radius 1 is 1.03 bits per heavy atom. The molecule has 1 aliphatic heterocycles. The monoisotopic (exact) mass is 429 g/mol. The van der Waals surface area contributed by atoms with Crippen LogP contribution in [0.25, 0.3) is 22.2 Å². The summed E-state index contributed by atoms with van der Waals surface area (Å²) in [5, 5.41) is 0.645. The number of carbonyl (C=O) groups excluding carboxylic acids is 1. The van der Waals surface area contributed by atoms with Crippen molar-refractivity contribution in [2.45, 2.75) is 32.6 Å². The maximum atomic E-state index is 15.3. The van der Waals surface area contributed by atoms with E-state index in [1.807, 2.05) is 24.8 Å². The van der Waals surface area contributed by atoms with Gasteiger partial charge in [0.15, 0.2) is 11.6 Å². The highest BCUT2D eigenvalue weighted by Crippen LogP contribution is 2.30. The molecule has 3 aromatic heterocycles. The maximum Gasteiger partial charge on any atom is 0.198 e. The third-order valence-corrected chi connectivity index (χ3v) is 5.97. The predicted octanol–water partition coefficient (Wildman–Crippen LogP) is 5.11. The van der Waals surface area contributed by atoms with Crippen molar-refractivity contribution in [2.24, 2.45) is 0 Å². The Labute approximate surface area is 185 Å². The summed E-state index contributed by atoms with van der Waals surface area (Å²) in [6, 6.07) is 6.91. The molecule has 32 heavy (non-hydrogen) atoms. The van der Waals surface area contributed by atoms with Crippen LogP contribution in [0.1, 0.15) is 54.4 Å². The van der Waals surface area contributed by atoms with Crippen LogP contribution in [0.3, 0.4) is 0 Å². The minimum Gasteiger partial charge on any atom is -0.369 e. The topological polar surface area (TPSA) is 74.8 Å². The van der Waals surface area contributed by atoms with Gasteiger partial charge in [-0.25, -0.2) is 19.3 Å². The van der Waals surface area contributed by atoms with Gasteiger partial charge in [0.05, 0.1) is 11.3 Å². The van der Waals surface area contributed by atoms with Gasteiger partial charge in [-0.15, -0.1) is 0 Å². The highest BCUT2D eigenvalue weighted by Gasteiger charge is 2.23. The molecule has 7 heteroatoms. The number of nitrogens with one attached hydrogen (secondary N) is 1. The van der Waals surface area contributed by atoms with E-state index < -0.39 is 5.82 Å². The Bertz CT molecular complexity index is 1290. The van der Waals surface area contributed by atoms with Gasteiger partial charge in [-0.3, -0.25) is 4.79 Å². The van der Waals surface area contributed by atoms with Crippen LogP contribution >= 0.6 is 0 Å². The van der Waals surface area contributed by atoms with Gasteiger partial charge < -0.3 is 9.88 Å². The number of anilines is 1. The summed E-state index contributed by atoms with van der Waals surface area (Å²) < 4.78 is 15.3. The Morgan fingerprint density at radius 3 is 2.47 bits per heavy atom. The number of ketones is 1. The lowest BCUT2D eigenvalue weighted by atomic mass is 10.0. The van der Waals surface area contributed by atoms with Gasteiger partial charge in [0.25, 0.3) is 0 Å². The second-order valence-corrected chi connectivity index (χ2v) is 8.47. The van der Waals surface area contributed by atoms with E-state index in [1.54, 1.807) is 43.0 Å². The normalized spacial score (nSPS) is 13.9. The molecule has 1 aromatic carbocycles. The summed E-state index contributed by atoms with van der Waals surface area (Å²) in [6.45, 7) is 5.70. The van der Waals surface area contributed by atoms with E-state index in [1.165, 1.54) is 0 Å². The number of fused-ring (bicyclic) bond motifs is 1. The van der Waals surface area contributed by atoms with Crippen molar-refractivity contribution in [2.75, 3.05) is 18.0 Å². The van der Waals surface area contributed by atoms with Gasteiger partial charge in [-0.1, -0.05) is 19.9 Å². The first-order valence-corrected chi connectivity index (χ1v) is 10.9. The van der Waals surface area contributed by atoms with Crippen LogP contribution in [0, 0.1) is 5.82 Å². The average Bonchev–Trinajstić information content (AvgIpc) is 3.49. The van der Waals surface area contributed by atoms with E-state index in [0.29, 0.717) is 22.3 Å². The highest BCUT2D eigenvalue weighted by molar-refractivity contribution is 6.16. The van der Waals surface area contributed by atoms with Gasteiger partial charge in [-0.2, -0.15) is 0 Å². The molecule has 0 amide bonds. The molecule has 0 radical (unpaired) electrons. The number of H-pyrrole nitrogens is 1. The average molecular weight is 429 g/mol. The molecule has 0 spiro atoms. The smallest absolute Gasteiger partial charge is 0.198 e. The fourth-order valence-corrected chi connectivity index (χ4v) is 4.18. The van der Waals surface area contributed by atoms with E-state index in [9.17, 15) is 4.79 Å². The second-order valence-electron chi connectivity index (χ2n) is 8.47. The fourth-order valence-electron chi connectivity index (χ4n) is 4.18. The van der Waals surface area contributed by atoms with Crippen molar-refractivity contribution in [1.29, 1.82) is 0 Å². The molecule has 0 saturated carbocycles. The van der Waals surface area contributed by atoms with Crippen LogP contribution in [0.4, 0.5) is 10.1 Å². The van der Waals surface area contributed by atoms with Gasteiger partial charge in [0.1, 0.15) is 11.5 Å². The second kappa shape index (κ2) is 8.15. The van der Waals surface area contributed by atoms with Crippen LogP contribution in [-0.2, 0) is 0 Å². The van der Waals surface area contributed by atoms with E-state index >= 15 is 4.39 Å². The molecule has 0 aliphatic carbocycles. The molecule has 5 rings (SSSR count). The molecule has 1 fully saturated rings. The first-order valence-electron chi connectivity index (χ1n) is 10.9. The number of pyridine rings is 1. The van der Waals surface area contributed by atoms with E-state index in [4.69, 9.17) is 0 Å². The summed E-state index contributed by atoms with van der Waals surface area (Å²) in [5.74, 6) is 0.189. The Hall–Kier alpha value is -3.61. The zero-order valence-electron chi connectivity index (χ0n) is 18.1. The Balaban J connectivity index is 1.53. The van der Waals surface area contributed by atoms with Gasteiger partial charge in [-0.05, 0) is 31.0 Å². The molecule has 6 nitrogen and oxygen atoms in total. The number of hydrogen-bond acceptors (Lipinski definition) is 5. The van der Waals surface area contributed by atoms with E-state index in [0.717, 1.165) is 42.9 Å². The minimum atomic E-state index is -0.462. The first-order chi connectivity index (χ1) is 15.5. The summed E-state index contributed by atoms with van der Waals surface area (Å²) in [6.07, 6.45) is 8.92. The number of aromatic nitrogens is 4. The summed E-state index contributed by atoms with van der Waals surface area (Å²) in [4.78, 5) is 31.7. The fraction of sp³-hybridized carbons (Fsp3) is 0.280. The van der Waals surface area contributed by atoms with Crippen molar-refractivity contribution in [3.63, 3.8) is 0 Å². The van der Waals surface area contributed by atoms with Gasteiger partial charge >= 0.3 is 0 Å². The lowest BCUT2D eigenvalue weighted by Crippen LogP contribution is -2.20. The quantitative estimate of drug-likeness (QED) is 0.446. The lowest BCUT2D eigenvalue weighted by molar-refractivity contribution is 0.103. The number of aromatic amines is 1. The van der Waals surface area contributed by atoms with Crippen LogP contribution in [0.2, 0.25) is 0 Å². The van der Waals surface area contributed by atoms with Crippen molar-refractivity contribution in [3.8, 4) is 11.1 Å². The Kier molecular flexibility index (Phi) is 5.17. The molecule has 4 aromatic rings. The van der Waals surface area contributed by atoms with Crippen LogP contribution < -0.4 is 4.90 Å². The molecular weight excluding hydrogens is 405 g/mol. The van der Waals surface area contributed by atoms with E-state index in [-0.39, 0.29) is 17.3 Å². The molecular formula is C25H24FN5O. The number of nitrogens with zero attached hydrogens (tertiary/aromatic N) is 4. The summed E-state index contributed by atoms with van der Waals surface area (Å²) >= 11 is 0. The zero-order chi connectivity index (χ0) is 22.2. The molecule has 1 saturated heterocycles. The molecule has 1 N–H and O–H groups in total. The molecule has 0 atom stereocenters. The standard InChI is InChI=1S/C25H24FN5O/c1-15(2)24-27-12-17(13-28-24)16-10-19-20(14-30-25(19)29-11-16)23(32)18-6-5-7-21(22(18)26)31-8-3-4-9-31/h5-7,10-15H,3-4,8-9H2,1-2H3,(H,29,30). The molecule has 0 bridgehead atoms. The number of hydrogen-bond donors (Lipinski definition) is 1. The van der Waals surface area contributed by atoms with Crippen LogP contribution in [-0.4, -0.2) is 38.8 Å². The SMILES string of the molecule is CC(C)c1ncc(-c2cnc3[nH]cc(C(=O)c4cccc(N5CCCC5)c4F)c3c2)cn1. The third kappa shape index (κ3) is 3.53. The van der Waals surface area contributed by atoms with Crippen LogP contribution in [0.5, 0.6) is 0 Å².